The first-order valence-electron chi connectivity index (χ1n) is 9.96. The molecule has 0 unspecified atom stereocenters. The van der Waals surface area contributed by atoms with Gasteiger partial charge >= 0.3 is 5.97 Å². The molecule has 0 spiro atoms. The van der Waals surface area contributed by atoms with Crippen molar-refractivity contribution >= 4 is 17.7 Å². The van der Waals surface area contributed by atoms with Gasteiger partial charge in [-0.15, -0.1) is 0 Å². The van der Waals surface area contributed by atoms with Crippen molar-refractivity contribution in [1.29, 1.82) is 0 Å². The van der Waals surface area contributed by atoms with Crippen LogP contribution in [-0.4, -0.2) is 65.8 Å². The minimum absolute atomic E-state index is 0.0240. The highest BCUT2D eigenvalue weighted by Gasteiger charge is 2.27. The number of carbonyl (C=O) groups is 2. The normalized spacial score (nSPS) is 18.7. The third-order valence-electron chi connectivity index (χ3n) is 5.38. The average molecular weight is 375 g/mol. The van der Waals surface area contributed by atoms with Crippen LogP contribution in [-0.2, 0) is 9.53 Å². The first-order valence-corrected chi connectivity index (χ1v) is 9.96. The number of pyridine rings is 1. The number of aromatic nitrogens is 1. The molecular formula is C20H29N3O4. The van der Waals surface area contributed by atoms with E-state index in [2.05, 4.69) is 9.88 Å². The molecule has 27 heavy (non-hydrogen) atoms. The second-order valence-electron chi connectivity index (χ2n) is 7.29. The van der Waals surface area contributed by atoms with E-state index >= 15 is 0 Å². The molecule has 2 aliphatic heterocycles. The summed E-state index contributed by atoms with van der Waals surface area (Å²) in [6.45, 7) is 3.44. The summed E-state index contributed by atoms with van der Waals surface area (Å²) in [5, 5.41) is 9.04. The van der Waals surface area contributed by atoms with Gasteiger partial charge in [-0.1, -0.05) is 12.8 Å². The Labute approximate surface area is 160 Å². The van der Waals surface area contributed by atoms with E-state index in [4.69, 9.17) is 9.84 Å². The molecule has 1 aromatic heterocycles. The number of ether oxygens (including phenoxy) is 1. The van der Waals surface area contributed by atoms with Crippen LogP contribution in [0.15, 0.2) is 18.3 Å². The maximum Gasteiger partial charge on any atom is 0.305 e. The summed E-state index contributed by atoms with van der Waals surface area (Å²) in [5.41, 5.74) is 0.519. The number of carbonyl (C=O) groups excluding carboxylic acids is 1. The van der Waals surface area contributed by atoms with Crippen LogP contribution in [0.1, 0.15) is 55.3 Å². The van der Waals surface area contributed by atoms with Gasteiger partial charge in [0.25, 0.3) is 5.91 Å². The number of nitrogens with zero attached hydrogens (tertiary/aromatic N) is 3. The lowest BCUT2D eigenvalue weighted by Gasteiger charge is -2.34. The molecule has 1 aromatic rings. The van der Waals surface area contributed by atoms with Gasteiger partial charge < -0.3 is 19.6 Å². The van der Waals surface area contributed by atoms with Gasteiger partial charge in [-0.2, -0.15) is 0 Å². The van der Waals surface area contributed by atoms with E-state index in [-0.39, 0.29) is 24.9 Å². The summed E-state index contributed by atoms with van der Waals surface area (Å²) < 4.78 is 5.38. The van der Waals surface area contributed by atoms with E-state index in [1.807, 2.05) is 12.1 Å². The van der Waals surface area contributed by atoms with Gasteiger partial charge in [0.05, 0.1) is 12.0 Å². The summed E-state index contributed by atoms with van der Waals surface area (Å²) in [6.07, 6.45) is 7.94. The lowest BCUT2D eigenvalue weighted by Crippen LogP contribution is -2.44. The van der Waals surface area contributed by atoms with Crippen LogP contribution in [0.4, 0.5) is 5.82 Å². The summed E-state index contributed by atoms with van der Waals surface area (Å²) in [7, 11) is 0. The Hall–Kier alpha value is -2.15. The Balaban J connectivity index is 1.70. The predicted molar refractivity (Wildman–Crippen MR) is 102 cm³/mol. The van der Waals surface area contributed by atoms with Gasteiger partial charge in [0, 0.05) is 45.1 Å². The molecule has 0 bridgehead atoms. The number of aliphatic carboxylic acids is 1. The molecule has 3 heterocycles. The monoisotopic (exact) mass is 375 g/mol. The molecule has 1 amide bonds. The van der Waals surface area contributed by atoms with Gasteiger partial charge in [-0.25, -0.2) is 4.98 Å². The molecule has 1 N–H and O–H groups in total. The van der Waals surface area contributed by atoms with Crippen LogP contribution in [0.5, 0.6) is 0 Å². The number of carboxylic acid groups (broad SMARTS) is 1. The van der Waals surface area contributed by atoms with E-state index in [1.54, 1.807) is 11.1 Å². The fraction of sp³-hybridized carbons (Fsp3) is 0.650. The minimum atomic E-state index is -0.894. The van der Waals surface area contributed by atoms with Crippen molar-refractivity contribution in [3.05, 3.63) is 23.9 Å². The van der Waals surface area contributed by atoms with E-state index < -0.39 is 5.97 Å². The third-order valence-corrected chi connectivity index (χ3v) is 5.38. The van der Waals surface area contributed by atoms with Crippen LogP contribution in [0, 0.1) is 0 Å². The minimum Gasteiger partial charge on any atom is -0.481 e. The number of rotatable bonds is 6. The highest BCUT2D eigenvalue weighted by molar-refractivity contribution is 5.94. The molecule has 3 rings (SSSR count). The second kappa shape index (κ2) is 9.69. The van der Waals surface area contributed by atoms with Gasteiger partial charge in [0.15, 0.2) is 0 Å². The fourth-order valence-electron chi connectivity index (χ4n) is 3.83. The SMILES string of the molecule is O=C(O)CCN(C(=O)c1ccc(N2CCCCCC2)nc1)C1CCOCC1. The van der Waals surface area contributed by atoms with Crippen molar-refractivity contribution in [3.8, 4) is 0 Å². The predicted octanol–water partition coefficient (Wildman–Crippen LogP) is 2.56. The van der Waals surface area contributed by atoms with E-state index in [9.17, 15) is 9.59 Å². The lowest BCUT2D eigenvalue weighted by atomic mass is 10.1. The van der Waals surface area contributed by atoms with Crippen LogP contribution in [0.2, 0.25) is 0 Å². The van der Waals surface area contributed by atoms with Gasteiger partial charge in [-0.05, 0) is 37.8 Å². The third kappa shape index (κ3) is 5.42. The Bertz CT molecular complexity index is 621. The number of amides is 1. The maximum atomic E-state index is 13.0. The number of anilines is 1. The zero-order chi connectivity index (χ0) is 19.1. The zero-order valence-electron chi connectivity index (χ0n) is 15.8. The maximum absolute atomic E-state index is 13.0. The van der Waals surface area contributed by atoms with E-state index in [0.717, 1.165) is 31.7 Å². The van der Waals surface area contributed by atoms with E-state index in [1.165, 1.54) is 25.7 Å². The Morgan fingerprint density at radius 3 is 2.44 bits per heavy atom. The summed E-state index contributed by atoms with van der Waals surface area (Å²) in [6, 6.07) is 3.76. The lowest BCUT2D eigenvalue weighted by molar-refractivity contribution is -0.137. The number of carboxylic acids is 1. The second-order valence-corrected chi connectivity index (χ2v) is 7.29. The van der Waals surface area contributed by atoms with Crippen molar-refractivity contribution in [2.75, 3.05) is 37.7 Å². The van der Waals surface area contributed by atoms with E-state index in [0.29, 0.717) is 18.8 Å². The molecule has 2 saturated heterocycles. The zero-order valence-corrected chi connectivity index (χ0v) is 15.8. The smallest absolute Gasteiger partial charge is 0.305 e. The first-order chi connectivity index (χ1) is 13.1. The molecule has 0 radical (unpaired) electrons. The molecule has 2 fully saturated rings. The van der Waals surface area contributed by atoms with Crippen LogP contribution < -0.4 is 4.90 Å². The van der Waals surface area contributed by atoms with Crippen LogP contribution in [0.25, 0.3) is 0 Å². The topological polar surface area (TPSA) is 83.0 Å². The largest absolute Gasteiger partial charge is 0.481 e. The molecule has 7 heteroatoms. The number of hydrogen-bond donors (Lipinski definition) is 1. The quantitative estimate of drug-likeness (QED) is 0.823. The van der Waals surface area contributed by atoms with Crippen molar-refractivity contribution in [2.45, 2.75) is 51.0 Å². The van der Waals surface area contributed by atoms with Crippen molar-refractivity contribution in [2.24, 2.45) is 0 Å². The summed E-state index contributed by atoms with van der Waals surface area (Å²) >= 11 is 0. The van der Waals surface area contributed by atoms with Crippen LogP contribution >= 0.6 is 0 Å². The first kappa shape index (κ1) is 19.6. The van der Waals surface area contributed by atoms with Crippen LogP contribution in [0.3, 0.4) is 0 Å². The highest BCUT2D eigenvalue weighted by atomic mass is 16.5. The molecule has 0 aromatic carbocycles. The van der Waals surface area contributed by atoms with Gasteiger partial charge in [-0.3, -0.25) is 9.59 Å². The molecule has 0 saturated carbocycles. The molecule has 0 atom stereocenters. The van der Waals surface area contributed by atoms with Crippen molar-refractivity contribution in [1.82, 2.24) is 9.88 Å². The van der Waals surface area contributed by atoms with Crippen molar-refractivity contribution < 1.29 is 19.4 Å². The summed E-state index contributed by atoms with van der Waals surface area (Å²) in [4.78, 5) is 32.5. The summed E-state index contributed by atoms with van der Waals surface area (Å²) in [5.74, 6) is -0.121. The average Bonchev–Trinajstić information content (AvgIpc) is 2.98. The fourth-order valence-corrected chi connectivity index (χ4v) is 3.83. The molecule has 0 aliphatic carbocycles. The molecule has 148 valence electrons. The van der Waals surface area contributed by atoms with Gasteiger partial charge in [0.1, 0.15) is 5.82 Å². The van der Waals surface area contributed by atoms with Crippen molar-refractivity contribution in [3.63, 3.8) is 0 Å². The molecule has 2 aliphatic rings. The Morgan fingerprint density at radius 1 is 1.15 bits per heavy atom. The standard InChI is InChI=1S/C20H29N3O4/c24-19(25)7-12-23(17-8-13-27-14-9-17)20(26)16-5-6-18(21-15-16)22-10-3-1-2-4-11-22/h5-6,15,17H,1-4,7-14H2,(H,24,25). The van der Waals surface area contributed by atoms with Gasteiger partial charge in [0.2, 0.25) is 0 Å². The highest BCUT2D eigenvalue weighted by Crippen LogP contribution is 2.21. The Morgan fingerprint density at radius 2 is 1.85 bits per heavy atom. The number of hydrogen-bond acceptors (Lipinski definition) is 5. The molecular weight excluding hydrogens is 346 g/mol. The molecule has 7 nitrogen and oxygen atoms in total. The Kier molecular flexibility index (Phi) is 7.04.